The molecule has 0 heterocycles. The molecule has 0 saturated carbocycles. The second-order valence-corrected chi connectivity index (χ2v) is 3.93. The van der Waals surface area contributed by atoms with Crippen molar-refractivity contribution in [3.8, 4) is 29.4 Å². The molecule has 0 spiro atoms. The third kappa shape index (κ3) is 3.16. The zero-order chi connectivity index (χ0) is 14.4. The maximum atomic E-state index is 9.76. The van der Waals surface area contributed by atoms with Gasteiger partial charge in [-0.2, -0.15) is 10.5 Å². The van der Waals surface area contributed by atoms with Gasteiger partial charge in [0.1, 0.15) is 5.75 Å². The van der Waals surface area contributed by atoms with Crippen LogP contribution in [-0.2, 0) is 0 Å². The van der Waals surface area contributed by atoms with Crippen LogP contribution in [0, 0.1) is 22.7 Å². The van der Waals surface area contributed by atoms with E-state index < -0.39 is 0 Å². The molecule has 0 aliphatic heterocycles. The molecule has 4 heteroatoms. The zero-order valence-electron chi connectivity index (χ0n) is 10.4. The first kappa shape index (κ1) is 13.2. The minimum Gasteiger partial charge on any atom is -0.504 e. The van der Waals surface area contributed by atoms with Gasteiger partial charge in [0.15, 0.2) is 11.5 Å². The Labute approximate surface area is 116 Å². The van der Waals surface area contributed by atoms with Gasteiger partial charge >= 0.3 is 0 Å². The summed E-state index contributed by atoms with van der Waals surface area (Å²) < 4.78 is 5.55. The predicted molar refractivity (Wildman–Crippen MR) is 74.0 cm³/mol. The summed E-state index contributed by atoms with van der Waals surface area (Å²) >= 11 is 0. The van der Waals surface area contributed by atoms with Crippen molar-refractivity contribution in [2.75, 3.05) is 0 Å². The summed E-state index contributed by atoms with van der Waals surface area (Å²) in [7, 11) is 0. The molecule has 0 aliphatic carbocycles. The van der Waals surface area contributed by atoms with E-state index in [0.717, 1.165) is 5.56 Å². The standard InChI is InChI=1S/C16H10N2O2/c17-8-2-4-12-3-1-5-14(9-12)20-16-7-6-13(11-18)10-15(16)19/h1-7,9-10,19H. The number of phenolic OH excluding ortho intramolecular Hbond substituents is 1. The Hall–Kier alpha value is -3.24. The monoisotopic (exact) mass is 262 g/mol. The molecule has 4 nitrogen and oxygen atoms in total. The van der Waals surface area contributed by atoms with Crippen molar-refractivity contribution in [3.05, 3.63) is 59.7 Å². The van der Waals surface area contributed by atoms with Gasteiger partial charge in [0.05, 0.1) is 17.7 Å². The van der Waals surface area contributed by atoms with E-state index in [2.05, 4.69) is 0 Å². The van der Waals surface area contributed by atoms with Gasteiger partial charge in [0.2, 0.25) is 0 Å². The SMILES string of the molecule is N#CC=Cc1cccc(Oc2ccc(C#N)cc2O)c1. The molecular formula is C16H10N2O2. The number of hydrogen-bond donors (Lipinski definition) is 1. The van der Waals surface area contributed by atoms with Crippen molar-refractivity contribution in [2.24, 2.45) is 0 Å². The Kier molecular flexibility index (Phi) is 4.01. The minimum absolute atomic E-state index is 0.0954. The van der Waals surface area contributed by atoms with Crippen LogP contribution in [0.1, 0.15) is 11.1 Å². The number of hydrogen-bond acceptors (Lipinski definition) is 4. The van der Waals surface area contributed by atoms with E-state index in [9.17, 15) is 5.11 Å². The van der Waals surface area contributed by atoms with Crippen LogP contribution >= 0.6 is 0 Å². The van der Waals surface area contributed by atoms with Crippen molar-refractivity contribution in [3.63, 3.8) is 0 Å². The first-order valence-electron chi connectivity index (χ1n) is 5.80. The Morgan fingerprint density at radius 2 is 1.95 bits per heavy atom. The average Bonchev–Trinajstić information content (AvgIpc) is 2.47. The van der Waals surface area contributed by atoms with Crippen molar-refractivity contribution in [2.45, 2.75) is 0 Å². The summed E-state index contributed by atoms with van der Waals surface area (Å²) in [6.07, 6.45) is 3.03. The van der Waals surface area contributed by atoms with E-state index in [1.54, 1.807) is 30.3 Å². The number of rotatable bonds is 3. The third-order valence-electron chi connectivity index (χ3n) is 2.52. The molecule has 96 valence electrons. The van der Waals surface area contributed by atoms with Crippen LogP contribution in [0.5, 0.6) is 17.2 Å². The number of allylic oxidation sites excluding steroid dienone is 1. The number of aromatic hydroxyl groups is 1. The second kappa shape index (κ2) is 6.08. The maximum absolute atomic E-state index is 9.76. The van der Waals surface area contributed by atoms with E-state index in [1.165, 1.54) is 18.2 Å². The number of nitriles is 2. The van der Waals surface area contributed by atoms with Crippen molar-refractivity contribution >= 4 is 6.08 Å². The van der Waals surface area contributed by atoms with Gasteiger partial charge in [0, 0.05) is 12.1 Å². The largest absolute Gasteiger partial charge is 0.504 e. The van der Waals surface area contributed by atoms with Crippen molar-refractivity contribution < 1.29 is 9.84 Å². The smallest absolute Gasteiger partial charge is 0.169 e. The van der Waals surface area contributed by atoms with Crippen LogP contribution in [0.25, 0.3) is 6.08 Å². The Morgan fingerprint density at radius 3 is 2.65 bits per heavy atom. The van der Waals surface area contributed by atoms with Gasteiger partial charge in [-0.05, 0) is 35.9 Å². The molecule has 0 atom stereocenters. The molecule has 2 aromatic carbocycles. The topological polar surface area (TPSA) is 77.0 Å². The Bertz CT molecular complexity index is 737. The van der Waals surface area contributed by atoms with Gasteiger partial charge < -0.3 is 9.84 Å². The van der Waals surface area contributed by atoms with Crippen LogP contribution in [-0.4, -0.2) is 5.11 Å². The maximum Gasteiger partial charge on any atom is 0.169 e. The van der Waals surface area contributed by atoms with Crippen molar-refractivity contribution in [1.29, 1.82) is 10.5 Å². The lowest BCUT2D eigenvalue weighted by Crippen LogP contribution is -1.86. The molecule has 2 aromatic rings. The molecule has 0 aromatic heterocycles. The van der Waals surface area contributed by atoms with E-state index in [-0.39, 0.29) is 11.5 Å². The lowest BCUT2D eigenvalue weighted by molar-refractivity contribution is 0.411. The number of ether oxygens (including phenoxy) is 1. The second-order valence-electron chi connectivity index (χ2n) is 3.93. The van der Waals surface area contributed by atoms with Gasteiger partial charge in [-0.3, -0.25) is 0 Å². The molecule has 0 saturated heterocycles. The summed E-state index contributed by atoms with van der Waals surface area (Å²) in [6.45, 7) is 0. The van der Waals surface area contributed by atoms with Gasteiger partial charge in [0.25, 0.3) is 0 Å². The van der Waals surface area contributed by atoms with E-state index >= 15 is 0 Å². The highest BCUT2D eigenvalue weighted by atomic mass is 16.5. The first-order valence-corrected chi connectivity index (χ1v) is 5.80. The minimum atomic E-state index is -0.0954. The summed E-state index contributed by atoms with van der Waals surface area (Å²) in [5.41, 5.74) is 1.18. The average molecular weight is 262 g/mol. The van der Waals surface area contributed by atoms with Crippen LogP contribution in [0.2, 0.25) is 0 Å². The molecule has 0 unspecified atom stereocenters. The lowest BCUT2D eigenvalue weighted by Gasteiger charge is -2.08. The van der Waals surface area contributed by atoms with E-state index in [1.807, 2.05) is 18.2 Å². The lowest BCUT2D eigenvalue weighted by atomic mass is 10.2. The summed E-state index contributed by atoms with van der Waals surface area (Å²) in [5.74, 6) is 0.706. The van der Waals surface area contributed by atoms with Gasteiger partial charge in [-0.25, -0.2) is 0 Å². The van der Waals surface area contributed by atoms with Crippen molar-refractivity contribution in [1.82, 2.24) is 0 Å². The van der Waals surface area contributed by atoms with Gasteiger partial charge in [-0.1, -0.05) is 12.1 Å². The zero-order valence-corrected chi connectivity index (χ0v) is 10.4. The Morgan fingerprint density at radius 1 is 1.10 bits per heavy atom. The summed E-state index contributed by atoms with van der Waals surface area (Å²) in [6, 6.07) is 15.4. The predicted octanol–water partition coefficient (Wildman–Crippen LogP) is 3.59. The normalized spacial score (nSPS) is 9.90. The highest BCUT2D eigenvalue weighted by Gasteiger charge is 2.05. The molecule has 0 amide bonds. The molecule has 1 N–H and O–H groups in total. The van der Waals surface area contributed by atoms with Crippen LogP contribution in [0.4, 0.5) is 0 Å². The van der Waals surface area contributed by atoms with E-state index in [0.29, 0.717) is 11.3 Å². The summed E-state index contributed by atoms with van der Waals surface area (Å²) in [5, 5.41) is 27.0. The van der Waals surface area contributed by atoms with Crippen LogP contribution in [0.15, 0.2) is 48.5 Å². The number of phenols is 1. The Balaban J connectivity index is 2.25. The molecule has 20 heavy (non-hydrogen) atoms. The molecule has 2 rings (SSSR count). The number of nitrogens with zero attached hydrogens (tertiary/aromatic N) is 2. The summed E-state index contributed by atoms with van der Waals surface area (Å²) in [4.78, 5) is 0. The van der Waals surface area contributed by atoms with E-state index in [4.69, 9.17) is 15.3 Å². The molecular weight excluding hydrogens is 252 g/mol. The quantitative estimate of drug-likeness (QED) is 0.857. The molecule has 0 bridgehead atoms. The fourth-order valence-electron chi connectivity index (χ4n) is 1.62. The van der Waals surface area contributed by atoms with Gasteiger partial charge in [-0.15, -0.1) is 0 Å². The fourth-order valence-corrected chi connectivity index (χ4v) is 1.62. The highest BCUT2D eigenvalue weighted by Crippen LogP contribution is 2.31. The third-order valence-corrected chi connectivity index (χ3v) is 2.52. The van der Waals surface area contributed by atoms with Crippen LogP contribution in [0.3, 0.4) is 0 Å². The number of benzene rings is 2. The highest BCUT2D eigenvalue weighted by molar-refractivity contribution is 5.55. The first-order chi connectivity index (χ1) is 9.72. The molecule has 0 aliphatic rings. The molecule has 0 radical (unpaired) electrons. The molecule has 0 fully saturated rings. The van der Waals surface area contributed by atoms with Crippen LogP contribution < -0.4 is 4.74 Å². The fraction of sp³-hybridized carbons (Fsp3) is 0.